The van der Waals surface area contributed by atoms with Crippen molar-refractivity contribution in [2.45, 2.75) is 64.9 Å². The predicted octanol–water partition coefficient (Wildman–Crippen LogP) is 4.57. The Balaban J connectivity index is 2.16. The first-order valence-electron chi connectivity index (χ1n) is 9.31. The molecule has 0 radical (unpaired) electrons. The van der Waals surface area contributed by atoms with E-state index in [2.05, 4.69) is 0 Å². The molecule has 2 rings (SSSR count). The number of rotatable bonds is 2. The van der Waals surface area contributed by atoms with Crippen molar-refractivity contribution in [2.75, 3.05) is 13.1 Å². The second-order valence-electron chi connectivity index (χ2n) is 8.08. The molecule has 0 aromatic heterocycles. The number of halogens is 3. The quantitative estimate of drug-likeness (QED) is 0.731. The van der Waals surface area contributed by atoms with E-state index in [0.29, 0.717) is 13.0 Å². The van der Waals surface area contributed by atoms with Crippen molar-refractivity contribution in [1.29, 1.82) is 0 Å². The van der Waals surface area contributed by atoms with Crippen molar-refractivity contribution in [2.24, 2.45) is 0 Å². The molecule has 8 heteroatoms. The van der Waals surface area contributed by atoms with Crippen molar-refractivity contribution in [3.63, 3.8) is 0 Å². The molecule has 28 heavy (non-hydrogen) atoms. The average molecular weight is 400 g/mol. The van der Waals surface area contributed by atoms with Crippen LogP contribution < -0.4 is 0 Å². The van der Waals surface area contributed by atoms with Crippen molar-refractivity contribution in [1.82, 2.24) is 9.80 Å². The van der Waals surface area contributed by atoms with E-state index in [4.69, 9.17) is 4.74 Å². The maximum atomic E-state index is 12.9. The van der Waals surface area contributed by atoms with Gasteiger partial charge in [-0.2, -0.15) is 13.2 Å². The molecule has 1 saturated heterocycles. The molecule has 1 heterocycles. The monoisotopic (exact) mass is 400 g/mol. The molecule has 0 saturated carbocycles. The molecule has 0 bridgehead atoms. The van der Waals surface area contributed by atoms with Gasteiger partial charge in [0.05, 0.1) is 5.56 Å². The van der Waals surface area contributed by atoms with Crippen LogP contribution in [0, 0.1) is 0 Å². The van der Waals surface area contributed by atoms with Gasteiger partial charge in [-0.15, -0.1) is 0 Å². The van der Waals surface area contributed by atoms with E-state index < -0.39 is 23.4 Å². The third-order valence-corrected chi connectivity index (χ3v) is 4.66. The Morgan fingerprint density at radius 3 is 2.11 bits per heavy atom. The summed E-state index contributed by atoms with van der Waals surface area (Å²) in [6, 6.07) is 3.71. The molecule has 2 atom stereocenters. The molecule has 1 aromatic carbocycles. The topological polar surface area (TPSA) is 49.9 Å². The number of alkyl halides is 3. The fourth-order valence-electron chi connectivity index (χ4n) is 3.18. The first-order valence-corrected chi connectivity index (χ1v) is 9.31. The van der Waals surface area contributed by atoms with Gasteiger partial charge in [0.1, 0.15) is 5.60 Å². The lowest BCUT2D eigenvalue weighted by atomic mass is 10.0. The van der Waals surface area contributed by atoms with Gasteiger partial charge in [-0.1, -0.05) is 6.92 Å². The summed E-state index contributed by atoms with van der Waals surface area (Å²) in [5, 5.41) is 0. The van der Waals surface area contributed by atoms with E-state index in [0.717, 1.165) is 12.1 Å². The van der Waals surface area contributed by atoms with Crippen LogP contribution in [0.5, 0.6) is 0 Å². The largest absolute Gasteiger partial charge is 0.444 e. The number of carbonyl (C=O) groups excluding carboxylic acids is 2. The molecule has 0 aliphatic carbocycles. The van der Waals surface area contributed by atoms with Crippen LogP contribution in [0.15, 0.2) is 24.3 Å². The van der Waals surface area contributed by atoms with Gasteiger partial charge >= 0.3 is 12.3 Å². The lowest BCUT2D eigenvalue weighted by Crippen LogP contribution is -2.60. The second kappa shape index (κ2) is 8.01. The van der Waals surface area contributed by atoms with E-state index >= 15 is 0 Å². The molecule has 0 N–H and O–H groups in total. The Kier molecular flexibility index (Phi) is 6.31. The Hall–Kier alpha value is -2.25. The Morgan fingerprint density at radius 1 is 1.07 bits per heavy atom. The van der Waals surface area contributed by atoms with Crippen LogP contribution in [0.2, 0.25) is 0 Å². The normalized spacial score (nSPS) is 20.9. The van der Waals surface area contributed by atoms with Crippen LogP contribution in [0.4, 0.5) is 18.0 Å². The Labute approximate surface area is 163 Å². The molecular formula is C20H27F3N2O3. The number of hydrogen-bond donors (Lipinski definition) is 0. The molecule has 5 nitrogen and oxygen atoms in total. The summed E-state index contributed by atoms with van der Waals surface area (Å²) in [6.45, 7) is 9.70. The smallest absolute Gasteiger partial charge is 0.416 e. The van der Waals surface area contributed by atoms with Crippen LogP contribution in [0.3, 0.4) is 0 Å². The number of benzene rings is 1. The number of piperazine rings is 1. The van der Waals surface area contributed by atoms with Crippen molar-refractivity contribution in [3.8, 4) is 0 Å². The van der Waals surface area contributed by atoms with Gasteiger partial charge in [0.2, 0.25) is 0 Å². The van der Waals surface area contributed by atoms with Crippen LogP contribution in [0.25, 0.3) is 0 Å². The minimum atomic E-state index is -4.44. The number of nitrogens with zero attached hydrogens (tertiary/aromatic N) is 2. The molecule has 1 fully saturated rings. The van der Waals surface area contributed by atoms with Crippen LogP contribution in [-0.4, -0.2) is 52.6 Å². The summed E-state index contributed by atoms with van der Waals surface area (Å²) in [6.07, 6.45) is -4.26. The molecule has 1 aromatic rings. The lowest BCUT2D eigenvalue weighted by molar-refractivity contribution is -0.137. The van der Waals surface area contributed by atoms with Crippen LogP contribution in [-0.2, 0) is 10.9 Å². The molecular weight excluding hydrogens is 373 g/mol. The van der Waals surface area contributed by atoms with Gasteiger partial charge in [0.15, 0.2) is 0 Å². The van der Waals surface area contributed by atoms with Crippen molar-refractivity contribution in [3.05, 3.63) is 35.4 Å². The lowest BCUT2D eigenvalue weighted by Gasteiger charge is -2.45. The maximum Gasteiger partial charge on any atom is 0.416 e. The van der Waals surface area contributed by atoms with E-state index in [1.807, 2.05) is 13.8 Å². The molecule has 2 amide bonds. The zero-order chi connectivity index (χ0) is 21.3. The standard InChI is InChI=1S/C20H27F3N2O3/c1-6-16-12-24(18(27)28-19(3,4)5)13(2)11-25(16)17(26)14-7-9-15(10-8-14)20(21,22)23/h7-10,13,16H,6,11-12H2,1-5H3/t13-,16+/m0/s1. The van der Waals surface area contributed by atoms with E-state index in [-0.39, 0.29) is 30.1 Å². The second-order valence-corrected chi connectivity index (χ2v) is 8.08. The number of ether oxygens (including phenoxy) is 1. The van der Waals surface area contributed by atoms with Gasteiger partial charge in [-0.25, -0.2) is 4.79 Å². The highest BCUT2D eigenvalue weighted by atomic mass is 19.4. The summed E-state index contributed by atoms with van der Waals surface area (Å²) in [5.74, 6) is -0.337. The minimum absolute atomic E-state index is 0.198. The third-order valence-electron chi connectivity index (χ3n) is 4.66. The number of hydrogen-bond acceptors (Lipinski definition) is 3. The number of carbonyl (C=O) groups is 2. The summed E-state index contributed by atoms with van der Waals surface area (Å²) in [5.41, 5.74) is -1.21. The van der Waals surface area contributed by atoms with E-state index in [9.17, 15) is 22.8 Å². The molecule has 156 valence electrons. The van der Waals surface area contributed by atoms with Gasteiger partial charge in [-0.05, 0) is 58.4 Å². The summed E-state index contributed by atoms with van der Waals surface area (Å²) < 4.78 is 43.6. The third kappa shape index (κ3) is 5.17. The fraction of sp³-hybridized carbons (Fsp3) is 0.600. The fourth-order valence-corrected chi connectivity index (χ4v) is 3.18. The molecule has 0 spiro atoms. The van der Waals surface area contributed by atoms with E-state index in [1.165, 1.54) is 12.1 Å². The first-order chi connectivity index (χ1) is 12.8. The summed E-state index contributed by atoms with van der Waals surface area (Å²) in [4.78, 5) is 28.6. The molecule has 1 aliphatic heterocycles. The Morgan fingerprint density at radius 2 is 1.64 bits per heavy atom. The van der Waals surface area contributed by atoms with E-state index in [1.54, 1.807) is 30.6 Å². The number of amides is 2. The van der Waals surface area contributed by atoms with Crippen LogP contribution >= 0.6 is 0 Å². The SMILES string of the molecule is CC[C@@H]1CN(C(=O)OC(C)(C)C)[C@@H](C)CN1C(=O)c1ccc(C(F)(F)F)cc1. The van der Waals surface area contributed by atoms with Gasteiger partial charge in [-0.3, -0.25) is 4.79 Å². The highest BCUT2D eigenvalue weighted by Crippen LogP contribution is 2.30. The summed E-state index contributed by atoms with van der Waals surface area (Å²) >= 11 is 0. The van der Waals surface area contributed by atoms with Crippen molar-refractivity contribution >= 4 is 12.0 Å². The van der Waals surface area contributed by atoms with Crippen LogP contribution in [0.1, 0.15) is 57.0 Å². The van der Waals surface area contributed by atoms with Gasteiger partial charge in [0, 0.05) is 30.7 Å². The minimum Gasteiger partial charge on any atom is -0.444 e. The average Bonchev–Trinajstić information content (AvgIpc) is 2.58. The molecule has 1 aliphatic rings. The first kappa shape index (κ1) is 22.0. The highest BCUT2D eigenvalue weighted by molar-refractivity contribution is 5.94. The van der Waals surface area contributed by atoms with Gasteiger partial charge < -0.3 is 14.5 Å². The summed E-state index contributed by atoms with van der Waals surface area (Å²) in [7, 11) is 0. The van der Waals surface area contributed by atoms with Crippen molar-refractivity contribution < 1.29 is 27.5 Å². The highest BCUT2D eigenvalue weighted by Gasteiger charge is 2.38. The zero-order valence-corrected chi connectivity index (χ0v) is 16.8. The predicted molar refractivity (Wildman–Crippen MR) is 99.0 cm³/mol. The maximum absolute atomic E-state index is 12.9. The Bertz CT molecular complexity index is 711. The van der Waals surface area contributed by atoms with Gasteiger partial charge in [0.25, 0.3) is 5.91 Å². The zero-order valence-electron chi connectivity index (χ0n) is 16.8. The molecule has 0 unspecified atom stereocenters.